The fraction of sp³-hybridized carbons (Fsp3) is 0.667. The Morgan fingerprint density at radius 1 is 1.10 bits per heavy atom. The largest absolute Gasteiger partial charge is 0.459 e. The second-order valence-corrected chi connectivity index (χ2v) is 1.37. The number of ketones is 1. The van der Waals surface area contributed by atoms with Gasteiger partial charge in [0.25, 0.3) is 0 Å². The third-order valence-electron chi connectivity index (χ3n) is 0.531. The van der Waals surface area contributed by atoms with E-state index in [4.69, 9.17) is 5.11 Å². The molecule has 0 atom stereocenters. The van der Waals surface area contributed by atoms with Crippen molar-refractivity contribution in [3.05, 3.63) is 0 Å². The first-order chi connectivity index (χ1) is 4.15. The van der Waals surface area contributed by atoms with E-state index in [2.05, 4.69) is 0 Å². The van der Waals surface area contributed by atoms with E-state index < -0.39 is 18.1 Å². The average Bonchev–Trinajstić information content (AvgIpc) is 1.59. The van der Waals surface area contributed by atoms with Crippen LogP contribution in [-0.2, 0) is 4.79 Å². The molecule has 0 aliphatic rings. The second kappa shape index (κ2) is 2.15. The Labute approximate surface area is 51.3 Å². The molecular weight excluding hydrogens is 163 g/mol. The van der Waals surface area contributed by atoms with Crippen molar-refractivity contribution in [2.75, 3.05) is 0 Å². The first-order valence-electron chi connectivity index (χ1n) is 1.87. The van der Waals surface area contributed by atoms with E-state index in [1.54, 1.807) is 0 Å². The third-order valence-corrected chi connectivity index (χ3v) is 0.531. The van der Waals surface area contributed by atoms with Gasteiger partial charge in [0, 0.05) is 0 Å². The Morgan fingerprint density at radius 3 is 1.40 bits per heavy atom. The van der Waals surface area contributed by atoms with Crippen LogP contribution in [0.15, 0.2) is 0 Å². The Hall–Kier alpha value is -0.720. The molecule has 0 fully saturated rings. The summed E-state index contributed by atoms with van der Waals surface area (Å²) in [5.41, 5.74) is 0. The number of halogens is 5. The minimum absolute atomic E-state index is 3.46. The molecule has 0 rings (SSSR count). The first-order valence-corrected chi connectivity index (χ1v) is 1.87. The van der Waals surface area contributed by atoms with Crippen molar-refractivity contribution >= 4 is 5.78 Å². The summed E-state index contributed by atoms with van der Waals surface area (Å²) in [7, 11) is 0. The minimum Gasteiger partial charge on any atom is -0.330 e. The van der Waals surface area contributed by atoms with Gasteiger partial charge in [0.15, 0.2) is 0 Å². The number of hydrogen-bond donors (Lipinski definition) is 1. The van der Waals surface area contributed by atoms with Crippen LogP contribution in [0.3, 0.4) is 0 Å². The molecule has 0 saturated carbocycles. The zero-order valence-corrected chi connectivity index (χ0v) is 4.25. The maximum atomic E-state index is 11.1. The van der Waals surface area contributed by atoms with Crippen LogP contribution >= 0.6 is 0 Å². The molecule has 0 saturated heterocycles. The Morgan fingerprint density at radius 2 is 1.40 bits per heavy atom. The molecule has 0 unspecified atom stereocenters. The Balaban J connectivity index is 4.40. The molecule has 1 N–H and O–H groups in total. The molecule has 2 nitrogen and oxygen atoms in total. The van der Waals surface area contributed by atoms with E-state index in [0.717, 1.165) is 0 Å². The summed E-state index contributed by atoms with van der Waals surface area (Å²) in [6, 6.07) is 0. The topological polar surface area (TPSA) is 37.3 Å². The van der Waals surface area contributed by atoms with E-state index in [9.17, 15) is 26.7 Å². The highest BCUT2D eigenvalue weighted by Gasteiger charge is 2.54. The van der Waals surface area contributed by atoms with Gasteiger partial charge in [-0.25, -0.2) is 0 Å². The number of Topliss-reactive ketones (excluding diaryl/α,β-unsaturated/α-hetero) is 1. The van der Waals surface area contributed by atoms with Gasteiger partial charge in [-0.15, -0.1) is 0 Å². The molecule has 0 aromatic carbocycles. The van der Waals surface area contributed by atoms with Gasteiger partial charge in [0.05, 0.1) is 0 Å². The van der Waals surface area contributed by atoms with Gasteiger partial charge < -0.3 is 5.11 Å². The van der Waals surface area contributed by atoms with Gasteiger partial charge in [0.1, 0.15) is 0 Å². The van der Waals surface area contributed by atoms with E-state index in [0.29, 0.717) is 0 Å². The Bertz CT molecular complexity index is 126. The maximum Gasteiger partial charge on any atom is 0.459 e. The molecule has 0 bridgehead atoms. The molecule has 10 heavy (non-hydrogen) atoms. The SMILES string of the molecule is O=C(C(O)(F)F)C(F)(F)F. The summed E-state index contributed by atoms with van der Waals surface area (Å²) >= 11 is 0. The predicted molar refractivity (Wildman–Crippen MR) is 18.2 cm³/mol. The Kier molecular flexibility index (Phi) is 2.00. The van der Waals surface area contributed by atoms with Crippen LogP contribution in [0.25, 0.3) is 0 Å². The molecule has 0 radical (unpaired) electrons. The fourth-order valence-electron chi connectivity index (χ4n) is 0.171. The molecule has 0 aliphatic carbocycles. The van der Waals surface area contributed by atoms with Crippen LogP contribution in [-0.4, -0.2) is 23.2 Å². The van der Waals surface area contributed by atoms with Crippen molar-refractivity contribution in [1.29, 1.82) is 0 Å². The number of carbonyl (C=O) groups excluding carboxylic acids is 1. The van der Waals surface area contributed by atoms with Gasteiger partial charge in [0.2, 0.25) is 0 Å². The summed E-state index contributed by atoms with van der Waals surface area (Å²) in [4.78, 5) is 9.36. The lowest BCUT2D eigenvalue weighted by Crippen LogP contribution is -2.39. The standard InChI is InChI=1S/C3HF5O2/c4-2(5,6)1(9)3(7,8)10/h10H. The van der Waals surface area contributed by atoms with Gasteiger partial charge >= 0.3 is 18.1 Å². The van der Waals surface area contributed by atoms with Crippen LogP contribution in [0.4, 0.5) is 22.0 Å². The highest BCUT2D eigenvalue weighted by molar-refractivity contribution is 5.88. The monoisotopic (exact) mass is 164 g/mol. The summed E-state index contributed by atoms with van der Waals surface area (Å²) in [6.45, 7) is 0. The lowest BCUT2D eigenvalue weighted by molar-refractivity contribution is -0.240. The van der Waals surface area contributed by atoms with Crippen LogP contribution < -0.4 is 0 Å². The number of carbonyl (C=O) groups is 1. The van der Waals surface area contributed by atoms with Crippen molar-refractivity contribution in [2.24, 2.45) is 0 Å². The lowest BCUT2D eigenvalue weighted by atomic mass is 10.4. The second-order valence-electron chi connectivity index (χ2n) is 1.37. The quantitative estimate of drug-likeness (QED) is 0.579. The summed E-state index contributed by atoms with van der Waals surface area (Å²) in [5.74, 6) is -3.46. The van der Waals surface area contributed by atoms with Gasteiger partial charge in [-0.05, 0) is 0 Å². The molecule has 0 heterocycles. The van der Waals surface area contributed by atoms with Gasteiger partial charge in [-0.2, -0.15) is 22.0 Å². The molecule has 0 amide bonds. The number of alkyl halides is 5. The molecule has 0 aliphatic heterocycles. The normalized spacial score (nSPS) is 13.4. The minimum atomic E-state index is -5.70. The molecule has 60 valence electrons. The zero-order chi connectivity index (χ0) is 8.58. The highest BCUT2D eigenvalue weighted by Crippen LogP contribution is 2.25. The smallest absolute Gasteiger partial charge is 0.330 e. The molecule has 7 heteroatoms. The summed E-state index contributed by atoms with van der Waals surface area (Å²) < 4.78 is 55.1. The van der Waals surface area contributed by atoms with Crippen molar-refractivity contribution in [3.8, 4) is 0 Å². The summed E-state index contributed by atoms with van der Waals surface area (Å²) in [6.07, 6.45) is -11.0. The van der Waals surface area contributed by atoms with E-state index in [1.165, 1.54) is 0 Å². The van der Waals surface area contributed by atoms with Crippen LogP contribution in [0.1, 0.15) is 0 Å². The average molecular weight is 164 g/mol. The molecule has 0 aromatic heterocycles. The van der Waals surface area contributed by atoms with E-state index in [1.807, 2.05) is 0 Å². The predicted octanol–water partition coefficient (Wildman–Crippen LogP) is 0.703. The van der Waals surface area contributed by atoms with Gasteiger partial charge in [-0.1, -0.05) is 0 Å². The highest BCUT2D eigenvalue weighted by atomic mass is 19.4. The maximum absolute atomic E-state index is 11.1. The van der Waals surface area contributed by atoms with Crippen molar-refractivity contribution in [1.82, 2.24) is 0 Å². The lowest BCUT2D eigenvalue weighted by Gasteiger charge is -2.08. The van der Waals surface area contributed by atoms with Crippen molar-refractivity contribution < 1.29 is 31.9 Å². The van der Waals surface area contributed by atoms with Crippen molar-refractivity contribution in [2.45, 2.75) is 12.3 Å². The van der Waals surface area contributed by atoms with E-state index >= 15 is 0 Å². The van der Waals surface area contributed by atoms with Crippen LogP contribution in [0.5, 0.6) is 0 Å². The molecule has 0 aromatic rings. The van der Waals surface area contributed by atoms with Gasteiger partial charge in [-0.3, -0.25) is 4.79 Å². The first kappa shape index (κ1) is 9.28. The van der Waals surface area contributed by atoms with Crippen LogP contribution in [0.2, 0.25) is 0 Å². The zero-order valence-electron chi connectivity index (χ0n) is 4.25. The molecular formula is C3HF5O2. The van der Waals surface area contributed by atoms with Crippen molar-refractivity contribution in [3.63, 3.8) is 0 Å². The number of hydrogen-bond acceptors (Lipinski definition) is 2. The third kappa shape index (κ3) is 2.26. The molecule has 0 spiro atoms. The fourth-order valence-corrected chi connectivity index (χ4v) is 0.171. The number of aliphatic hydroxyl groups is 1. The van der Waals surface area contributed by atoms with E-state index in [-0.39, 0.29) is 0 Å². The van der Waals surface area contributed by atoms with Crippen LogP contribution in [0, 0.1) is 0 Å². The summed E-state index contributed by atoms with van der Waals surface area (Å²) in [5, 5.41) is 7.22. The number of rotatable bonds is 1.